The van der Waals surface area contributed by atoms with Gasteiger partial charge in [-0.15, -0.1) is 13.2 Å². The summed E-state index contributed by atoms with van der Waals surface area (Å²) in [6.45, 7) is 0. The first-order valence-electron chi connectivity index (χ1n) is 8.44. The number of fused-ring (bicyclic) bond motifs is 2. The third kappa shape index (κ3) is 4.48. The molecule has 3 aromatic rings. The molecule has 3 aromatic heterocycles. The maximum absolute atomic E-state index is 13.9. The first-order chi connectivity index (χ1) is 16.0. The Hall–Kier alpha value is -3.66. The van der Waals surface area contributed by atoms with Crippen LogP contribution in [0.5, 0.6) is 0 Å². The van der Waals surface area contributed by atoms with Crippen LogP contribution in [0, 0.1) is 11.5 Å². The predicted molar refractivity (Wildman–Crippen MR) is 82.3 cm³/mol. The number of hydrogen-bond donors (Lipinski definition) is 0. The molecule has 0 aromatic carbocycles. The molecule has 0 N–H and O–H groups in total. The van der Waals surface area contributed by atoms with Gasteiger partial charge in [0.1, 0.15) is 27.3 Å². The van der Waals surface area contributed by atoms with Crippen molar-refractivity contribution in [2.75, 3.05) is 0 Å². The van der Waals surface area contributed by atoms with Gasteiger partial charge in [0, 0.05) is 12.4 Å². The summed E-state index contributed by atoms with van der Waals surface area (Å²) in [4.78, 5) is 4.01. The molecule has 20 heteroatoms. The van der Waals surface area contributed by atoms with Gasteiger partial charge in [-0.1, -0.05) is 0 Å². The van der Waals surface area contributed by atoms with Crippen molar-refractivity contribution >= 4 is 11.0 Å². The molecule has 3 rings (SSSR count). The van der Waals surface area contributed by atoms with Gasteiger partial charge in [-0.3, -0.25) is 0 Å². The average Bonchev–Trinajstić information content (AvgIpc) is 3.15. The van der Waals surface area contributed by atoms with Crippen molar-refractivity contribution in [3.63, 3.8) is 0 Å². The summed E-state index contributed by atoms with van der Waals surface area (Å²) in [6.07, 6.45) is -31.0. The monoisotopic (exact) mass is 549 g/mol. The number of nitriles is 1. The molecule has 0 aliphatic heterocycles. The van der Waals surface area contributed by atoms with Crippen molar-refractivity contribution in [2.45, 2.75) is 31.0 Å². The van der Waals surface area contributed by atoms with E-state index in [1.54, 1.807) is 4.99 Å². The Morgan fingerprint density at radius 2 is 0.944 bits per heavy atom. The molecular formula is C16H2F15N5. The Balaban J connectivity index is 2.97. The van der Waals surface area contributed by atoms with Crippen molar-refractivity contribution in [3.8, 4) is 6.19 Å². The van der Waals surface area contributed by atoms with Gasteiger partial charge in [0.15, 0.2) is 11.4 Å². The van der Waals surface area contributed by atoms with Gasteiger partial charge in [0.05, 0.1) is 5.56 Å². The normalized spacial score (nSPS) is 15.4. The molecule has 0 saturated carbocycles. The number of hydrogen-bond acceptors (Lipinski definition) is 3. The lowest BCUT2D eigenvalue weighted by molar-refractivity contribution is -0.146. The van der Waals surface area contributed by atoms with E-state index in [4.69, 9.17) is 5.26 Å². The van der Waals surface area contributed by atoms with Gasteiger partial charge in [-0.25, -0.2) is 0 Å². The SMILES string of the molecule is N#CN=c1c(C(F)(F)F)cn2c(C(F)(F)F)c3c(=NC(F)(F)F)c(C(F)(F)F)cn3c(C(F)(F)F)c12. The van der Waals surface area contributed by atoms with Crippen LogP contribution in [0.2, 0.25) is 0 Å². The zero-order valence-corrected chi connectivity index (χ0v) is 16.1. The van der Waals surface area contributed by atoms with E-state index in [2.05, 4.69) is 4.99 Å². The summed E-state index contributed by atoms with van der Waals surface area (Å²) in [5.74, 6) is 0. The summed E-state index contributed by atoms with van der Waals surface area (Å²) in [6, 6.07) is 0. The maximum atomic E-state index is 13.9. The van der Waals surface area contributed by atoms with E-state index in [9.17, 15) is 65.9 Å². The van der Waals surface area contributed by atoms with Crippen LogP contribution in [0.3, 0.4) is 0 Å². The number of aromatic nitrogens is 2. The third-order valence-electron chi connectivity index (χ3n) is 4.44. The second-order valence-electron chi connectivity index (χ2n) is 6.70. The Bertz CT molecular complexity index is 1510. The molecule has 0 fully saturated rings. The van der Waals surface area contributed by atoms with Gasteiger partial charge in [0.2, 0.25) is 6.19 Å². The highest BCUT2D eigenvalue weighted by molar-refractivity contribution is 5.68. The van der Waals surface area contributed by atoms with Crippen LogP contribution < -0.4 is 10.7 Å². The molecule has 36 heavy (non-hydrogen) atoms. The number of halogens is 15. The van der Waals surface area contributed by atoms with Crippen LogP contribution in [0.4, 0.5) is 65.9 Å². The van der Waals surface area contributed by atoms with Gasteiger partial charge < -0.3 is 8.80 Å². The van der Waals surface area contributed by atoms with Crippen molar-refractivity contribution in [2.24, 2.45) is 9.98 Å². The highest BCUT2D eigenvalue weighted by Gasteiger charge is 2.48. The highest BCUT2D eigenvalue weighted by atomic mass is 19.4. The molecule has 5 nitrogen and oxygen atoms in total. The van der Waals surface area contributed by atoms with E-state index >= 15 is 0 Å². The van der Waals surface area contributed by atoms with Crippen molar-refractivity contribution < 1.29 is 65.9 Å². The van der Waals surface area contributed by atoms with Gasteiger partial charge in [0.25, 0.3) is 0 Å². The minimum atomic E-state index is -6.16. The first kappa shape index (κ1) is 26.9. The molecule has 0 aliphatic rings. The van der Waals surface area contributed by atoms with Crippen LogP contribution in [0.15, 0.2) is 22.4 Å². The van der Waals surface area contributed by atoms with Crippen molar-refractivity contribution in [3.05, 3.63) is 45.6 Å². The number of alkyl halides is 15. The highest BCUT2D eigenvalue weighted by Crippen LogP contribution is 2.41. The largest absolute Gasteiger partial charge is 0.503 e. The Labute approximate surface area is 185 Å². The van der Waals surface area contributed by atoms with Crippen LogP contribution >= 0.6 is 0 Å². The molecule has 196 valence electrons. The average molecular weight is 549 g/mol. The van der Waals surface area contributed by atoms with E-state index in [0.29, 0.717) is 6.19 Å². The summed E-state index contributed by atoms with van der Waals surface area (Å²) < 4.78 is 200. The maximum Gasteiger partial charge on any atom is 0.503 e. The lowest BCUT2D eigenvalue weighted by Crippen LogP contribution is -2.27. The van der Waals surface area contributed by atoms with Gasteiger partial charge in [-0.05, 0) is 0 Å². The minimum absolute atomic E-state index is 0.638. The molecule has 0 spiro atoms. The molecule has 0 atom stereocenters. The first-order valence-corrected chi connectivity index (χ1v) is 8.44. The van der Waals surface area contributed by atoms with Crippen LogP contribution in [0.25, 0.3) is 11.0 Å². The van der Waals surface area contributed by atoms with Crippen molar-refractivity contribution in [1.82, 2.24) is 8.80 Å². The van der Waals surface area contributed by atoms with Gasteiger partial charge in [-0.2, -0.15) is 67.9 Å². The van der Waals surface area contributed by atoms with E-state index in [-0.39, 0.29) is 0 Å². The zero-order chi connectivity index (χ0) is 27.8. The summed E-state index contributed by atoms with van der Waals surface area (Å²) in [7, 11) is 0. The van der Waals surface area contributed by atoms with Crippen LogP contribution in [0.1, 0.15) is 22.5 Å². The van der Waals surface area contributed by atoms with E-state index in [0.717, 1.165) is 0 Å². The van der Waals surface area contributed by atoms with Crippen LogP contribution in [-0.2, 0) is 24.7 Å². The second-order valence-corrected chi connectivity index (χ2v) is 6.70. The number of rotatable bonds is 0. The molecule has 0 amide bonds. The predicted octanol–water partition coefficient (Wildman–Crippen LogP) is 5.51. The standard InChI is InChI=1S/C16H2F15N5/c17-12(18,19)4-1-35-8(6(4)33-3-32)10(14(23,24)25)36-2-5(13(20,21)22)7(34-16(29,30)31)9(36)11(35)15(26,27)28/h1-2H. The Morgan fingerprint density at radius 3 is 1.25 bits per heavy atom. The molecule has 0 saturated heterocycles. The summed E-state index contributed by atoms with van der Waals surface area (Å²) in [5, 5.41) is 3.86. The van der Waals surface area contributed by atoms with E-state index < -0.39 is 96.5 Å². The molecule has 0 bridgehead atoms. The number of nitrogens with zero attached hydrogens (tertiary/aromatic N) is 5. The fraction of sp³-hybridized carbons (Fsp3) is 0.312. The molecule has 0 aliphatic carbocycles. The summed E-state index contributed by atoms with van der Waals surface area (Å²) in [5.41, 5.74) is -15.3. The molecule has 3 heterocycles. The van der Waals surface area contributed by atoms with Gasteiger partial charge >= 0.3 is 31.0 Å². The van der Waals surface area contributed by atoms with Crippen molar-refractivity contribution in [1.29, 1.82) is 5.26 Å². The lowest BCUT2D eigenvalue weighted by atomic mass is 10.2. The quantitative estimate of drug-likeness (QED) is 0.208. The molecule has 0 radical (unpaired) electrons. The van der Waals surface area contributed by atoms with E-state index in [1.807, 2.05) is 0 Å². The molecule has 0 unspecified atom stereocenters. The smallest absolute Gasteiger partial charge is 0.306 e. The Kier molecular flexibility index (Phi) is 5.74. The second kappa shape index (κ2) is 7.67. The lowest BCUT2D eigenvalue weighted by Gasteiger charge is -2.18. The Morgan fingerprint density at radius 1 is 0.583 bits per heavy atom. The third-order valence-corrected chi connectivity index (χ3v) is 4.44. The van der Waals surface area contributed by atoms with Crippen LogP contribution in [-0.4, -0.2) is 15.1 Å². The zero-order valence-electron chi connectivity index (χ0n) is 16.1. The topological polar surface area (TPSA) is 57.3 Å². The fourth-order valence-electron chi connectivity index (χ4n) is 3.39. The minimum Gasteiger partial charge on any atom is -0.306 e. The molecular weight excluding hydrogens is 547 g/mol. The van der Waals surface area contributed by atoms with E-state index in [1.165, 1.54) is 0 Å². The fourth-order valence-corrected chi connectivity index (χ4v) is 3.39. The summed E-state index contributed by atoms with van der Waals surface area (Å²) >= 11 is 0.